The molecule has 0 aliphatic rings. The summed E-state index contributed by atoms with van der Waals surface area (Å²) in [5.74, 6) is 0.0205. The Labute approximate surface area is 120 Å². The Morgan fingerprint density at radius 3 is 2.65 bits per heavy atom. The Balaban J connectivity index is 2.29. The number of nitrogens with one attached hydrogen (secondary N) is 2. The predicted octanol–water partition coefficient (Wildman–Crippen LogP) is 2.85. The highest BCUT2D eigenvalue weighted by molar-refractivity contribution is 6.30. The zero-order valence-electron chi connectivity index (χ0n) is 10.9. The first-order valence-corrected chi connectivity index (χ1v) is 6.26. The van der Waals surface area contributed by atoms with Gasteiger partial charge < -0.3 is 15.4 Å². The maximum Gasteiger partial charge on any atom is 0.322 e. The monoisotopic (exact) mass is 297 g/mol. The van der Waals surface area contributed by atoms with E-state index >= 15 is 0 Å². The van der Waals surface area contributed by atoms with Gasteiger partial charge in [-0.1, -0.05) is 11.6 Å². The summed E-state index contributed by atoms with van der Waals surface area (Å²) in [4.78, 5) is 12.1. The fraction of sp³-hybridized carbons (Fsp3) is 0.250. The van der Waals surface area contributed by atoms with Crippen molar-refractivity contribution in [2.45, 2.75) is 6.92 Å². The maximum absolute atomic E-state index is 13.7. The van der Waals surface area contributed by atoms with E-state index in [1.54, 1.807) is 6.07 Å². The largest absolute Gasteiger partial charge is 0.467 e. The van der Waals surface area contributed by atoms with Crippen LogP contribution in [-0.2, 0) is 0 Å². The smallest absolute Gasteiger partial charge is 0.322 e. The van der Waals surface area contributed by atoms with Gasteiger partial charge in [-0.05, 0) is 25.1 Å². The van der Waals surface area contributed by atoms with E-state index < -0.39 is 5.82 Å². The van der Waals surface area contributed by atoms with Gasteiger partial charge in [0.2, 0.25) is 11.9 Å². The van der Waals surface area contributed by atoms with Crippen LogP contribution in [-0.4, -0.2) is 28.6 Å². The van der Waals surface area contributed by atoms with Crippen LogP contribution in [0, 0.1) is 5.82 Å². The summed E-state index contributed by atoms with van der Waals surface area (Å²) in [5.41, 5.74) is 0.213. The van der Waals surface area contributed by atoms with Gasteiger partial charge in [-0.2, -0.15) is 15.0 Å². The number of nitrogens with zero attached hydrogens (tertiary/aromatic N) is 3. The third kappa shape index (κ3) is 3.45. The van der Waals surface area contributed by atoms with Crippen molar-refractivity contribution in [1.29, 1.82) is 0 Å². The summed E-state index contributed by atoms with van der Waals surface area (Å²) in [5, 5.41) is 6.01. The fourth-order valence-electron chi connectivity index (χ4n) is 1.45. The quantitative estimate of drug-likeness (QED) is 0.884. The molecule has 2 rings (SSSR count). The van der Waals surface area contributed by atoms with Crippen molar-refractivity contribution >= 4 is 29.2 Å². The first-order valence-electron chi connectivity index (χ1n) is 5.88. The number of hydrogen-bond donors (Lipinski definition) is 2. The highest BCUT2D eigenvalue weighted by atomic mass is 35.5. The van der Waals surface area contributed by atoms with E-state index in [0.29, 0.717) is 17.5 Å². The first kappa shape index (κ1) is 14.3. The van der Waals surface area contributed by atoms with Gasteiger partial charge in [-0.15, -0.1) is 0 Å². The van der Waals surface area contributed by atoms with Crippen LogP contribution in [0.4, 0.5) is 22.0 Å². The molecule has 0 spiro atoms. The molecule has 0 saturated heterocycles. The molecule has 2 aromatic rings. The summed E-state index contributed by atoms with van der Waals surface area (Å²) in [6.45, 7) is 2.55. The number of ether oxygens (including phenoxy) is 1. The maximum atomic E-state index is 13.7. The molecule has 0 unspecified atom stereocenters. The highest BCUT2D eigenvalue weighted by Crippen LogP contribution is 2.22. The van der Waals surface area contributed by atoms with Gasteiger partial charge in [0.25, 0.3) is 0 Å². The van der Waals surface area contributed by atoms with Gasteiger partial charge in [0.05, 0.1) is 12.8 Å². The van der Waals surface area contributed by atoms with Gasteiger partial charge >= 0.3 is 6.01 Å². The van der Waals surface area contributed by atoms with Crippen molar-refractivity contribution in [2.75, 3.05) is 24.3 Å². The molecular formula is C12H13ClFN5O. The van der Waals surface area contributed by atoms with E-state index in [-0.39, 0.29) is 17.6 Å². The van der Waals surface area contributed by atoms with Crippen LogP contribution in [0.2, 0.25) is 5.02 Å². The van der Waals surface area contributed by atoms with Crippen LogP contribution < -0.4 is 15.4 Å². The molecule has 0 fully saturated rings. The topological polar surface area (TPSA) is 72.0 Å². The Morgan fingerprint density at radius 1 is 1.25 bits per heavy atom. The normalized spacial score (nSPS) is 10.2. The number of hydrogen-bond acceptors (Lipinski definition) is 6. The number of rotatable bonds is 5. The van der Waals surface area contributed by atoms with Gasteiger partial charge in [0.1, 0.15) is 5.82 Å². The lowest BCUT2D eigenvalue weighted by Gasteiger charge is -2.09. The summed E-state index contributed by atoms with van der Waals surface area (Å²) in [7, 11) is 1.44. The fourth-order valence-corrected chi connectivity index (χ4v) is 1.61. The van der Waals surface area contributed by atoms with Crippen LogP contribution in [0.25, 0.3) is 0 Å². The Bertz CT molecular complexity index is 610. The zero-order chi connectivity index (χ0) is 14.5. The molecule has 0 atom stereocenters. The van der Waals surface area contributed by atoms with E-state index in [0.717, 1.165) is 0 Å². The van der Waals surface area contributed by atoms with Crippen LogP contribution in [0.1, 0.15) is 6.92 Å². The van der Waals surface area contributed by atoms with Gasteiger partial charge in [-0.25, -0.2) is 4.39 Å². The standard InChI is InChI=1S/C12H13ClFN5O/c1-3-15-10-17-11(19-12(18-10)20-2)16-9-5-4-7(13)6-8(9)14/h4-6H,3H2,1-2H3,(H2,15,16,17,18,19). The van der Waals surface area contributed by atoms with Crippen LogP contribution in [0.5, 0.6) is 6.01 Å². The van der Waals surface area contributed by atoms with E-state index in [4.69, 9.17) is 16.3 Å². The molecule has 2 N–H and O–H groups in total. The molecule has 20 heavy (non-hydrogen) atoms. The zero-order valence-corrected chi connectivity index (χ0v) is 11.7. The predicted molar refractivity (Wildman–Crippen MR) is 75.2 cm³/mol. The minimum absolute atomic E-state index is 0.132. The van der Waals surface area contributed by atoms with Crippen molar-refractivity contribution < 1.29 is 9.13 Å². The van der Waals surface area contributed by atoms with E-state index in [9.17, 15) is 4.39 Å². The van der Waals surface area contributed by atoms with Gasteiger partial charge in [-0.3, -0.25) is 0 Å². The molecule has 0 aliphatic carbocycles. The van der Waals surface area contributed by atoms with Crippen molar-refractivity contribution in [2.24, 2.45) is 0 Å². The lowest BCUT2D eigenvalue weighted by Crippen LogP contribution is -2.08. The average molecular weight is 298 g/mol. The second-order valence-electron chi connectivity index (χ2n) is 3.75. The average Bonchev–Trinajstić information content (AvgIpc) is 2.42. The number of halogens is 2. The lowest BCUT2D eigenvalue weighted by atomic mass is 10.3. The summed E-state index contributed by atoms with van der Waals surface area (Å²) in [6, 6.07) is 4.40. The minimum atomic E-state index is -0.498. The van der Waals surface area contributed by atoms with Crippen LogP contribution in [0.15, 0.2) is 18.2 Å². The van der Waals surface area contributed by atoms with Crippen LogP contribution >= 0.6 is 11.6 Å². The third-order valence-corrected chi connectivity index (χ3v) is 2.55. The Kier molecular flexibility index (Phi) is 4.52. The highest BCUT2D eigenvalue weighted by Gasteiger charge is 2.09. The number of benzene rings is 1. The summed E-state index contributed by atoms with van der Waals surface area (Å²) in [6.07, 6.45) is 0. The number of anilines is 3. The molecule has 1 aromatic carbocycles. The molecular weight excluding hydrogens is 285 g/mol. The van der Waals surface area contributed by atoms with Gasteiger partial charge in [0, 0.05) is 11.6 Å². The summed E-state index contributed by atoms with van der Waals surface area (Å²) >= 11 is 5.70. The molecule has 106 valence electrons. The van der Waals surface area contributed by atoms with Crippen LogP contribution in [0.3, 0.4) is 0 Å². The van der Waals surface area contributed by atoms with Crippen molar-refractivity contribution in [3.05, 3.63) is 29.0 Å². The van der Waals surface area contributed by atoms with Crippen molar-refractivity contribution in [1.82, 2.24) is 15.0 Å². The Morgan fingerprint density at radius 2 is 2.00 bits per heavy atom. The molecule has 0 aliphatic heterocycles. The third-order valence-electron chi connectivity index (χ3n) is 2.31. The summed E-state index contributed by atoms with van der Waals surface area (Å²) < 4.78 is 18.7. The first-order chi connectivity index (χ1) is 9.62. The molecule has 0 bridgehead atoms. The molecule has 0 radical (unpaired) electrons. The number of aromatic nitrogens is 3. The Hall–Kier alpha value is -2.15. The van der Waals surface area contributed by atoms with Gasteiger partial charge in [0.15, 0.2) is 0 Å². The molecule has 0 amide bonds. The molecule has 1 aromatic heterocycles. The molecule has 8 heteroatoms. The molecule has 6 nitrogen and oxygen atoms in total. The van der Waals surface area contributed by atoms with E-state index in [1.807, 2.05) is 6.92 Å². The van der Waals surface area contributed by atoms with Crippen molar-refractivity contribution in [3.63, 3.8) is 0 Å². The SMILES string of the molecule is CCNc1nc(Nc2ccc(Cl)cc2F)nc(OC)n1. The molecule has 0 saturated carbocycles. The molecule has 1 heterocycles. The number of methoxy groups -OCH3 is 1. The second kappa shape index (κ2) is 6.33. The van der Waals surface area contributed by atoms with Crippen molar-refractivity contribution in [3.8, 4) is 6.01 Å². The minimum Gasteiger partial charge on any atom is -0.467 e. The lowest BCUT2D eigenvalue weighted by molar-refractivity contribution is 0.379. The second-order valence-corrected chi connectivity index (χ2v) is 4.19. The van der Waals surface area contributed by atoms with E-state index in [2.05, 4.69) is 25.6 Å². The van der Waals surface area contributed by atoms with E-state index in [1.165, 1.54) is 19.2 Å².